The fourth-order valence-corrected chi connectivity index (χ4v) is 19.9. The molecule has 0 aromatic heterocycles. The summed E-state index contributed by atoms with van der Waals surface area (Å²) in [6.07, 6.45) is 15.4. The summed E-state index contributed by atoms with van der Waals surface area (Å²) in [7, 11) is -3.99. The summed E-state index contributed by atoms with van der Waals surface area (Å²) in [5.74, 6) is -0.0820. The first-order valence-corrected chi connectivity index (χ1v) is 35.0. The van der Waals surface area contributed by atoms with Crippen LogP contribution >= 0.6 is 0 Å². The minimum absolute atomic E-state index is 0.0282. The Labute approximate surface area is 414 Å². The second-order valence-corrected chi connectivity index (χ2v) is 35.3. The normalized spacial score (nSPS) is 27.4. The zero-order chi connectivity index (χ0) is 50.0. The minimum atomic E-state index is -2.04. The van der Waals surface area contributed by atoms with Crippen LogP contribution in [0, 0.1) is 17.8 Å². The summed E-state index contributed by atoms with van der Waals surface area (Å²) in [5, 5.41) is 0. The first kappa shape index (κ1) is 59.7. The van der Waals surface area contributed by atoms with Crippen molar-refractivity contribution in [1.29, 1.82) is 0 Å². The van der Waals surface area contributed by atoms with Crippen molar-refractivity contribution < 1.29 is 37.1 Å². The van der Waals surface area contributed by atoms with E-state index in [9.17, 15) is 9.59 Å². The highest BCUT2D eigenvalue weighted by Gasteiger charge is 2.51. The van der Waals surface area contributed by atoms with Crippen LogP contribution in [-0.2, 0) is 32.3 Å². The first-order valence-electron chi connectivity index (χ1n) is 27.4. The topological polar surface area (TPSA) is 99.3 Å². The molecule has 2 saturated heterocycles. The molecule has 0 radical (unpaired) electrons. The number of carbonyl (C=O) groups is 2. The van der Waals surface area contributed by atoms with Crippen LogP contribution < -0.4 is 0 Å². The van der Waals surface area contributed by atoms with E-state index < -0.39 is 42.8 Å². The summed E-state index contributed by atoms with van der Waals surface area (Å²) in [6, 6.07) is 9.62. The molecule has 10 unspecified atom stereocenters. The van der Waals surface area contributed by atoms with Gasteiger partial charge in [-0.25, -0.2) is 4.79 Å². The van der Waals surface area contributed by atoms with Crippen LogP contribution in [0.5, 0.6) is 0 Å². The second kappa shape index (κ2) is 28.5. The van der Waals surface area contributed by atoms with Gasteiger partial charge < -0.3 is 37.3 Å². The lowest BCUT2D eigenvalue weighted by molar-refractivity contribution is -0.150. The average Bonchev–Trinajstić information content (AvgIpc) is 3.88. The van der Waals surface area contributed by atoms with E-state index in [0.717, 1.165) is 98.9 Å². The second-order valence-electron chi connectivity index (χ2n) is 21.2. The van der Waals surface area contributed by atoms with Crippen LogP contribution in [0.4, 0.5) is 4.79 Å². The molecule has 388 valence electrons. The molecule has 3 aliphatic rings. The lowest BCUT2D eigenvalue weighted by Gasteiger charge is -2.39. The minimum Gasteiger partial charge on any atom is -0.457 e. The molecule has 0 aromatic rings. The highest BCUT2D eigenvalue weighted by atomic mass is 28.4. The van der Waals surface area contributed by atoms with Gasteiger partial charge in [-0.3, -0.25) is 4.79 Å². The predicted molar refractivity (Wildman–Crippen MR) is 286 cm³/mol. The van der Waals surface area contributed by atoms with E-state index in [1.54, 1.807) is 4.90 Å². The van der Waals surface area contributed by atoms with Gasteiger partial charge in [0, 0.05) is 44.5 Å². The van der Waals surface area contributed by atoms with Crippen LogP contribution in [0.2, 0.25) is 54.4 Å². The van der Waals surface area contributed by atoms with Gasteiger partial charge in [0.15, 0.2) is 25.0 Å². The van der Waals surface area contributed by atoms with Crippen molar-refractivity contribution in [2.75, 3.05) is 33.2 Å². The Balaban J connectivity index is 1.96. The molecule has 3 aliphatic heterocycles. The van der Waals surface area contributed by atoms with E-state index in [1.165, 1.54) is 12.8 Å². The predicted octanol–water partition coefficient (Wildman–Crippen LogP) is 13.7. The Morgan fingerprint density at radius 1 is 0.881 bits per heavy atom. The third-order valence-corrected chi connectivity index (χ3v) is 30.9. The van der Waals surface area contributed by atoms with Crippen molar-refractivity contribution in [3.63, 3.8) is 0 Å². The number of likely N-dealkylation sites (N-methyl/N-ethyl adjacent to an activating group) is 1. The molecular weight excluding hydrogens is 889 g/mol. The SMILES string of the molecule is CCC(O[Si](CC)(CC)CC)C(C)C1OC1CC(C)(/C=C/C=C(\C)C1OC(=O)CC(O[Si](CC)(CC)CC)CCC(C)C(OC(=O)N(C)CCN2CCCC2)/C=C\C1C)O[Si](CC)(CC)CC. The summed E-state index contributed by atoms with van der Waals surface area (Å²) in [5.41, 5.74) is 0.405. The molecule has 0 bridgehead atoms. The van der Waals surface area contributed by atoms with Crippen molar-refractivity contribution in [2.45, 2.75) is 245 Å². The number of epoxide rings is 1. The van der Waals surface area contributed by atoms with Crippen molar-refractivity contribution >= 4 is 37.0 Å². The number of rotatable bonds is 27. The summed E-state index contributed by atoms with van der Waals surface area (Å²) in [6.45, 7) is 37.3. The van der Waals surface area contributed by atoms with Crippen LogP contribution in [0.15, 0.2) is 36.0 Å². The van der Waals surface area contributed by atoms with Crippen molar-refractivity contribution in [3.8, 4) is 0 Å². The van der Waals surface area contributed by atoms with Crippen LogP contribution in [0.25, 0.3) is 0 Å². The molecule has 0 N–H and O–H groups in total. The summed E-state index contributed by atoms with van der Waals surface area (Å²) >= 11 is 0. The molecule has 1 amide bonds. The van der Waals surface area contributed by atoms with Gasteiger partial charge in [-0.1, -0.05) is 114 Å². The molecule has 0 aliphatic carbocycles. The molecule has 0 aromatic carbocycles. The monoisotopic (exact) mass is 991 g/mol. The lowest BCUT2D eigenvalue weighted by atomic mass is 9.91. The Morgan fingerprint density at radius 3 is 2.01 bits per heavy atom. The zero-order valence-electron chi connectivity index (χ0n) is 45.9. The number of hydrogen-bond acceptors (Lipinski definition) is 9. The smallest absolute Gasteiger partial charge is 0.410 e. The Bertz CT molecular complexity index is 1540. The van der Waals surface area contributed by atoms with Gasteiger partial charge in [-0.05, 0) is 131 Å². The van der Waals surface area contributed by atoms with Crippen molar-refractivity contribution in [3.05, 3.63) is 36.0 Å². The molecule has 13 heteroatoms. The van der Waals surface area contributed by atoms with Gasteiger partial charge in [-0.15, -0.1) is 0 Å². The Kier molecular flexibility index (Phi) is 25.4. The van der Waals surface area contributed by atoms with Gasteiger partial charge in [0.25, 0.3) is 0 Å². The van der Waals surface area contributed by atoms with Crippen LogP contribution in [0.3, 0.4) is 0 Å². The molecule has 3 rings (SSSR count). The molecule has 10 atom stereocenters. The number of cyclic esters (lactones) is 1. The average molecular weight is 992 g/mol. The molecule has 2 fully saturated rings. The number of hydrogen-bond donors (Lipinski definition) is 0. The maximum absolute atomic E-state index is 14.1. The van der Waals surface area contributed by atoms with E-state index in [1.807, 2.05) is 13.1 Å². The largest absolute Gasteiger partial charge is 0.457 e. The Morgan fingerprint density at radius 2 is 1.46 bits per heavy atom. The number of amides is 1. The van der Waals surface area contributed by atoms with Gasteiger partial charge >= 0.3 is 12.1 Å². The van der Waals surface area contributed by atoms with Gasteiger partial charge in [0.1, 0.15) is 12.2 Å². The number of ether oxygens (including phenoxy) is 3. The van der Waals surface area contributed by atoms with Gasteiger partial charge in [-0.2, -0.15) is 0 Å². The summed E-state index contributed by atoms with van der Waals surface area (Å²) in [4.78, 5) is 31.8. The number of likely N-dealkylation sites (tertiary alicyclic amines) is 1. The molecule has 0 spiro atoms. The quantitative estimate of drug-likeness (QED) is 0.0262. The fraction of sp³-hybridized carbons (Fsp3) is 0.852. The van der Waals surface area contributed by atoms with E-state index in [-0.39, 0.29) is 54.7 Å². The maximum Gasteiger partial charge on any atom is 0.410 e. The fourth-order valence-electron chi connectivity index (χ4n) is 10.9. The van der Waals surface area contributed by atoms with E-state index in [2.05, 4.69) is 133 Å². The number of nitrogens with zero attached hydrogens (tertiary/aromatic N) is 2. The van der Waals surface area contributed by atoms with E-state index >= 15 is 0 Å². The molecule has 67 heavy (non-hydrogen) atoms. The number of esters is 1. The highest BCUT2D eigenvalue weighted by molar-refractivity contribution is 6.74. The Hall–Kier alpha value is -1.59. The third-order valence-electron chi connectivity index (χ3n) is 16.8. The van der Waals surface area contributed by atoms with Crippen molar-refractivity contribution in [1.82, 2.24) is 9.80 Å². The lowest BCUT2D eigenvalue weighted by Crippen LogP contribution is -2.46. The van der Waals surface area contributed by atoms with E-state index in [0.29, 0.717) is 18.9 Å². The molecule has 0 saturated carbocycles. The standard InChI is InChI=1S/C54H102N2O8Si3/c1-17-47(63-66(21-5,22-6)23-7)45(14)52-49(59-52)41-54(15,64-67(24-8,25-9)26-10)35-29-30-43(12)51-44(13)32-34-48(60-53(58)55(16)38-39-56-36-27-28-37-56)42(11)31-33-46(40-50(57)61-51)62-65(18-2,19-3)20-4/h29-30,32,34-35,42,44-49,51-52H,17-28,31,33,36-41H2,1-16H3/b34-32-,35-29+,43-30+. The third kappa shape index (κ3) is 17.6. The molecular formula is C54H102N2O8Si3. The first-order chi connectivity index (χ1) is 31.8. The molecule has 10 nitrogen and oxygen atoms in total. The molecule has 3 heterocycles. The summed E-state index contributed by atoms with van der Waals surface area (Å²) < 4.78 is 40.9. The zero-order valence-corrected chi connectivity index (χ0v) is 48.9. The highest BCUT2D eigenvalue weighted by Crippen LogP contribution is 2.43. The van der Waals surface area contributed by atoms with Crippen molar-refractivity contribution in [2.24, 2.45) is 17.8 Å². The van der Waals surface area contributed by atoms with Crippen LogP contribution in [0.1, 0.15) is 149 Å². The van der Waals surface area contributed by atoms with Gasteiger partial charge in [0.2, 0.25) is 0 Å². The van der Waals surface area contributed by atoms with Crippen LogP contribution in [-0.4, -0.2) is 122 Å². The number of allylic oxidation sites excluding steroid dienone is 2. The van der Waals surface area contributed by atoms with E-state index in [4.69, 9.17) is 27.5 Å². The number of carbonyl (C=O) groups excluding carboxylic acids is 2. The maximum atomic E-state index is 14.1. The van der Waals surface area contributed by atoms with Gasteiger partial charge in [0.05, 0.1) is 30.3 Å².